The molecule has 0 radical (unpaired) electrons. The fraction of sp³-hybridized carbons (Fsp3) is 0.357. The minimum atomic E-state index is -0.698. The topological polar surface area (TPSA) is 36.4 Å². The molecule has 0 amide bonds. The first-order chi connectivity index (χ1) is 9.00. The molecule has 2 rings (SSSR count). The zero-order valence-corrected chi connectivity index (χ0v) is 12.0. The molecular formula is C14H17FN2OS. The predicted octanol–water partition coefficient (Wildman–Crippen LogP) is 3.28. The standard InChI is InChI=1S/C14H17FN2OS/c1-9-13(19-8-16-9)7-17(3)14-11(10(2)18)5-4-6-12(14)15/h4-6,8,10,18H,7H2,1-3H3/t10-/m0/s1. The second-order valence-corrected chi connectivity index (χ2v) is 5.51. The van der Waals surface area contributed by atoms with E-state index in [1.807, 2.05) is 18.9 Å². The first-order valence-corrected chi connectivity index (χ1v) is 6.95. The fourth-order valence-electron chi connectivity index (χ4n) is 2.04. The highest BCUT2D eigenvalue weighted by Gasteiger charge is 2.17. The average Bonchev–Trinajstić information content (AvgIpc) is 2.74. The molecule has 0 aliphatic carbocycles. The largest absolute Gasteiger partial charge is 0.389 e. The van der Waals surface area contributed by atoms with Gasteiger partial charge < -0.3 is 10.0 Å². The molecule has 1 heterocycles. The summed E-state index contributed by atoms with van der Waals surface area (Å²) in [5, 5.41) is 9.76. The van der Waals surface area contributed by atoms with Crippen molar-refractivity contribution in [3.8, 4) is 0 Å². The third kappa shape index (κ3) is 2.93. The normalized spacial score (nSPS) is 12.5. The lowest BCUT2D eigenvalue weighted by Gasteiger charge is -2.23. The van der Waals surface area contributed by atoms with Crippen LogP contribution in [0, 0.1) is 12.7 Å². The molecule has 0 saturated carbocycles. The van der Waals surface area contributed by atoms with Crippen LogP contribution in [-0.4, -0.2) is 17.1 Å². The lowest BCUT2D eigenvalue weighted by molar-refractivity contribution is 0.199. The molecule has 1 aromatic heterocycles. The van der Waals surface area contributed by atoms with Gasteiger partial charge in [0, 0.05) is 17.5 Å². The van der Waals surface area contributed by atoms with Crippen molar-refractivity contribution in [2.45, 2.75) is 26.5 Å². The van der Waals surface area contributed by atoms with E-state index in [1.54, 1.807) is 35.9 Å². The molecule has 0 unspecified atom stereocenters. The van der Waals surface area contributed by atoms with Gasteiger partial charge >= 0.3 is 0 Å². The van der Waals surface area contributed by atoms with Gasteiger partial charge in [-0.05, 0) is 19.9 Å². The van der Waals surface area contributed by atoms with E-state index in [0.717, 1.165) is 10.6 Å². The maximum absolute atomic E-state index is 14.0. The monoisotopic (exact) mass is 280 g/mol. The number of aromatic nitrogens is 1. The quantitative estimate of drug-likeness (QED) is 0.933. The number of nitrogens with zero attached hydrogens (tertiary/aromatic N) is 2. The summed E-state index contributed by atoms with van der Waals surface area (Å²) in [6, 6.07) is 4.78. The number of halogens is 1. The zero-order chi connectivity index (χ0) is 14.0. The van der Waals surface area contributed by atoms with Crippen LogP contribution >= 0.6 is 11.3 Å². The molecule has 3 nitrogen and oxygen atoms in total. The average molecular weight is 280 g/mol. The van der Waals surface area contributed by atoms with Crippen LogP contribution in [0.3, 0.4) is 0 Å². The summed E-state index contributed by atoms with van der Waals surface area (Å²) < 4.78 is 14.0. The SMILES string of the molecule is Cc1ncsc1CN(C)c1c(F)cccc1[C@H](C)O. The van der Waals surface area contributed by atoms with Crippen molar-refractivity contribution in [2.75, 3.05) is 11.9 Å². The first kappa shape index (κ1) is 14.0. The number of thiazole rings is 1. The summed E-state index contributed by atoms with van der Waals surface area (Å²) in [6.45, 7) is 4.16. The second kappa shape index (κ2) is 5.67. The number of hydrogen-bond donors (Lipinski definition) is 1. The van der Waals surface area contributed by atoms with E-state index in [0.29, 0.717) is 17.8 Å². The third-order valence-electron chi connectivity index (χ3n) is 3.08. The summed E-state index contributed by atoms with van der Waals surface area (Å²) in [6.07, 6.45) is -0.698. The van der Waals surface area contributed by atoms with Crippen molar-refractivity contribution in [1.29, 1.82) is 0 Å². The number of rotatable bonds is 4. The van der Waals surface area contributed by atoms with Gasteiger partial charge in [-0.2, -0.15) is 0 Å². The summed E-state index contributed by atoms with van der Waals surface area (Å²) >= 11 is 1.55. The molecule has 0 aliphatic heterocycles. The second-order valence-electron chi connectivity index (χ2n) is 4.57. The smallest absolute Gasteiger partial charge is 0.146 e. The Kier molecular flexibility index (Phi) is 4.17. The molecule has 0 fully saturated rings. The molecule has 0 saturated heterocycles. The minimum Gasteiger partial charge on any atom is -0.389 e. The van der Waals surface area contributed by atoms with Crippen molar-refractivity contribution >= 4 is 17.0 Å². The molecule has 1 aromatic carbocycles. The van der Waals surface area contributed by atoms with Crippen molar-refractivity contribution in [3.05, 3.63) is 45.7 Å². The van der Waals surface area contributed by atoms with Gasteiger partial charge in [-0.3, -0.25) is 0 Å². The van der Waals surface area contributed by atoms with Crippen LogP contribution in [0.2, 0.25) is 0 Å². The molecule has 0 bridgehead atoms. The number of hydrogen-bond acceptors (Lipinski definition) is 4. The van der Waals surface area contributed by atoms with Crippen LogP contribution in [0.15, 0.2) is 23.7 Å². The Morgan fingerprint density at radius 1 is 1.47 bits per heavy atom. The molecule has 0 aliphatic rings. The number of aliphatic hydroxyl groups excluding tert-OH is 1. The van der Waals surface area contributed by atoms with Crippen LogP contribution in [-0.2, 0) is 6.54 Å². The van der Waals surface area contributed by atoms with Crippen molar-refractivity contribution < 1.29 is 9.50 Å². The highest BCUT2D eigenvalue weighted by atomic mass is 32.1. The van der Waals surface area contributed by atoms with Crippen LogP contribution < -0.4 is 4.90 Å². The summed E-state index contributed by atoms with van der Waals surface area (Å²) in [5.74, 6) is -0.317. The Morgan fingerprint density at radius 2 is 2.21 bits per heavy atom. The molecule has 2 aromatic rings. The molecule has 19 heavy (non-hydrogen) atoms. The summed E-state index contributed by atoms with van der Waals surface area (Å²) in [5.41, 5.74) is 3.80. The molecule has 102 valence electrons. The number of aliphatic hydroxyl groups is 1. The highest BCUT2D eigenvalue weighted by molar-refractivity contribution is 7.09. The first-order valence-electron chi connectivity index (χ1n) is 6.07. The van der Waals surface area contributed by atoms with Gasteiger partial charge in [-0.1, -0.05) is 12.1 Å². The molecule has 5 heteroatoms. The van der Waals surface area contributed by atoms with E-state index in [4.69, 9.17) is 0 Å². The van der Waals surface area contributed by atoms with Gasteiger partial charge in [-0.15, -0.1) is 11.3 Å². The Labute approximate surface area is 116 Å². The highest BCUT2D eigenvalue weighted by Crippen LogP contribution is 2.30. The van der Waals surface area contributed by atoms with E-state index < -0.39 is 6.10 Å². The molecular weight excluding hydrogens is 263 g/mol. The maximum atomic E-state index is 14.0. The van der Waals surface area contributed by atoms with Crippen molar-refractivity contribution in [1.82, 2.24) is 4.98 Å². The van der Waals surface area contributed by atoms with Crippen molar-refractivity contribution in [2.24, 2.45) is 0 Å². The lowest BCUT2D eigenvalue weighted by Crippen LogP contribution is -2.20. The van der Waals surface area contributed by atoms with Gasteiger partial charge in [0.2, 0.25) is 0 Å². The summed E-state index contributed by atoms with van der Waals surface area (Å²) in [4.78, 5) is 7.11. The Balaban J connectivity index is 2.33. The predicted molar refractivity (Wildman–Crippen MR) is 76.0 cm³/mol. The molecule has 0 spiro atoms. The molecule has 1 atom stereocenters. The lowest BCUT2D eigenvalue weighted by atomic mass is 10.1. The van der Waals surface area contributed by atoms with Crippen LogP contribution in [0.5, 0.6) is 0 Å². The Morgan fingerprint density at radius 3 is 2.79 bits per heavy atom. The van der Waals surface area contributed by atoms with Crippen molar-refractivity contribution in [3.63, 3.8) is 0 Å². The van der Waals surface area contributed by atoms with E-state index in [1.165, 1.54) is 6.07 Å². The number of para-hydroxylation sites is 1. The van der Waals surface area contributed by atoms with E-state index in [-0.39, 0.29) is 5.82 Å². The van der Waals surface area contributed by atoms with Crippen LogP contribution in [0.4, 0.5) is 10.1 Å². The Hall–Kier alpha value is -1.46. The maximum Gasteiger partial charge on any atom is 0.146 e. The van der Waals surface area contributed by atoms with E-state index >= 15 is 0 Å². The van der Waals surface area contributed by atoms with E-state index in [9.17, 15) is 9.50 Å². The van der Waals surface area contributed by atoms with Gasteiger partial charge in [0.05, 0.1) is 29.5 Å². The van der Waals surface area contributed by atoms with Gasteiger partial charge in [0.1, 0.15) is 5.82 Å². The Bertz CT molecular complexity index is 568. The van der Waals surface area contributed by atoms with Crippen LogP contribution in [0.25, 0.3) is 0 Å². The minimum absolute atomic E-state index is 0.317. The summed E-state index contributed by atoms with van der Waals surface area (Å²) in [7, 11) is 1.82. The number of benzene rings is 1. The van der Waals surface area contributed by atoms with Gasteiger partial charge in [0.15, 0.2) is 0 Å². The van der Waals surface area contributed by atoms with Gasteiger partial charge in [0.25, 0.3) is 0 Å². The molecule has 1 N–H and O–H groups in total. The zero-order valence-electron chi connectivity index (χ0n) is 11.2. The van der Waals surface area contributed by atoms with Crippen LogP contribution in [0.1, 0.15) is 29.2 Å². The fourth-order valence-corrected chi connectivity index (χ4v) is 2.87. The van der Waals surface area contributed by atoms with Gasteiger partial charge in [-0.25, -0.2) is 9.37 Å². The third-order valence-corrected chi connectivity index (χ3v) is 4.00. The number of aryl methyl sites for hydroxylation is 1. The number of anilines is 1. The van der Waals surface area contributed by atoms with E-state index in [2.05, 4.69) is 4.98 Å².